The van der Waals surface area contributed by atoms with Gasteiger partial charge in [0.15, 0.2) is 18.7 Å². The Morgan fingerprint density at radius 1 is 0.921 bits per heavy atom. The lowest BCUT2D eigenvalue weighted by atomic mass is 9.74. The molecule has 3 aliphatic rings. The summed E-state index contributed by atoms with van der Waals surface area (Å²) in [6, 6.07) is 4.61. The fourth-order valence-electron chi connectivity index (χ4n) is 9.66. The zero-order chi connectivity index (χ0) is 47.7. The quantitative estimate of drug-likeness (QED) is 0.167. The maximum Gasteiger partial charge on any atom is 0.340 e. The fraction of sp³-hybridized carbons (Fsp3) is 0.795. The largest absolute Gasteiger partial charge is 0.459 e. The number of rotatable bonds is 10. The second-order valence-corrected chi connectivity index (χ2v) is 20.2. The number of hydrogen-bond donors (Lipinski definition) is 5. The molecule has 63 heavy (non-hydrogen) atoms. The third-order valence-electron chi connectivity index (χ3n) is 13.4. The lowest BCUT2D eigenvalue weighted by molar-refractivity contribution is -0.317. The van der Waals surface area contributed by atoms with Crippen molar-refractivity contribution in [3.63, 3.8) is 0 Å². The first kappa shape index (κ1) is 53.0. The second-order valence-electron chi connectivity index (χ2n) is 18.8. The number of ether oxygens (including phenoxy) is 7. The van der Waals surface area contributed by atoms with Crippen LogP contribution in [-0.2, 0) is 52.9 Å². The third-order valence-corrected chi connectivity index (χ3v) is 14.3. The number of aliphatic hydroxyl groups is 4. The molecule has 0 radical (unpaired) electrons. The summed E-state index contributed by atoms with van der Waals surface area (Å²) in [6.07, 6.45) is -11.5. The zero-order valence-corrected chi connectivity index (χ0v) is 39.6. The minimum Gasteiger partial charge on any atom is -0.459 e. The Hall–Kier alpha value is -2.66. The van der Waals surface area contributed by atoms with Crippen molar-refractivity contribution in [1.82, 2.24) is 4.90 Å². The van der Waals surface area contributed by atoms with E-state index in [1.807, 2.05) is 25.9 Å². The normalized spacial score (nSPS) is 42.6. The molecule has 0 bridgehead atoms. The van der Waals surface area contributed by atoms with Gasteiger partial charge in [0.25, 0.3) is 10.1 Å². The van der Waals surface area contributed by atoms with E-state index in [1.165, 1.54) is 53.0 Å². The van der Waals surface area contributed by atoms with Crippen molar-refractivity contribution in [3.8, 4) is 0 Å². The molecule has 3 fully saturated rings. The lowest BCUT2D eigenvalue weighted by Gasteiger charge is -2.49. The molecule has 0 amide bonds. The number of benzene rings is 1. The summed E-state index contributed by atoms with van der Waals surface area (Å²) >= 11 is 0. The van der Waals surface area contributed by atoms with Gasteiger partial charge in [-0.15, -0.1) is 0 Å². The van der Waals surface area contributed by atoms with Crippen LogP contribution in [-0.4, -0.2) is 161 Å². The number of ketones is 1. The van der Waals surface area contributed by atoms with E-state index < -0.39 is 140 Å². The van der Waals surface area contributed by atoms with Crippen molar-refractivity contribution < 1.29 is 80.9 Å². The van der Waals surface area contributed by atoms with Crippen LogP contribution in [0.3, 0.4) is 0 Å². The van der Waals surface area contributed by atoms with E-state index in [2.05, 4.69) is 0 Å². The Kier molecular flexibility index (Phi) is 17.2. The number of cyclic esters (lactones) is 1. The van der Waals surface area contributed by atoms with Gasteiger partial charge in [0, 0.05) is 37.3 Å². The minimum absolute atomic E-state index is 0.0624. The van der Waals surface area contributed by atoms with E-state index in [0.717, 1.165) is 6.07 Å². The van der Waals surface area contributed by atoms with Crippen LogP contribution in [0.1, 0.15) is 105 Å². The number of carbonyl (C=O) groups excluding carboxylic acids is 3. The molecule has 18 nitrogen and oxygen atoms in total. The number of nitrogens with zero attached hydrogens (tertiary/aromatic N) is 1. The van der Waals surface area contributed by atoms with Crippen molar-refractivity contribution in [3.05, 3.63) is 29.8 Å². The molecule has 18 atom stereocenters. The predicted molar refractivity (Wildman–Crippen MR) is 226 cm³/mol. The Labute approximate surface area is 371 Å². The van der Waals surface area contributed by atoms with E-state index >= 15 is 0 Å². The van der Waals surface area contributed by atoms with E-state index in [9.17, 15) is 47.8 Å². The molecule has 0 aromatic heterocycles. The summed E-state index contributed by atoms with van der Waals surface area (Å²) in [7, 11) is 0.200. The molecule has 360 valence electrons. The molecule has 5 N–H and O–H groups in total. The molecule has 18 unspecified atom stereocenters. The van der Waals surface area contributed by atoms with Gasteiger partial charge in [-0.2, -0.15) is 8.42 Å². The van der Waals surface area contributed by atoms with Crippen LogP contribution in [0.5, 0.6) is 0 Å². The first-order chi connectivity index (χ1) is 29.0. The van der Waals surface area contributed by atoms with Gasteiger partial charge >= 0.3 is 11.9 Å². The first-order valence-corrected chi connectivity index (χ1v) is 23.1. The van der Waals surface area contributed by atoms with Crippen molar-refractivity contribution in [2.75, 3.05) is 21.2 Å². The Bertz CT molecular complexity index is 1860. The van der Waals surface area contributed by atoms with Crippen molar-refractivity contribution >= 4 is 27.8 Å². The standard InChI is InChI=1S/C44H71NO17S/c1-14-31-44(10,52)36(48)24(4)33(46)22(2)20-42(8,51)37(62-41-34(47)29(45(11)12)19-23(3)57-41)25(5)35(26(6)39(49)59-31)60-32-21-43(9,56-13)38(27(7)58-32)61-40(50)28-17-15-16-18-30(28)63(53,54)55/h15-18,22-27,29,31-32,34-38,41,47-48,51-52H,14,19-21H2,1-13H3,(H,53,54,55). The smallest absolute Gasteiger partial charge is 0.340 e. The minimum atomic E-state index is -4.80. The molecule has 0 saturated carbocycles. The number of aliphatic hydroxyl groups excluding tert-OH is 2. The summed E-state index contributed by atoms with van der Waals surface area (Å²) in [6.45, 7) is 15.7. The van der Waals surface area contributed by atoms with Crippen LogP contribution in [0.25, 0.3) is 0 Å². The summed E-state index contributed by atoms with van der Waals surface area (Å²) in [4.78, 5) is 43.0. The van der Waals surface area contributed by atoms with Crippen molar-refractivity contribution in [2.24, 2.45) is 23.7 Å². The maximum absolute atomic E-state index is 14.3. The van der Waals surface area contributed by atoms with Gasteiger partial charge in [-0.05, 0) is 87.0 Å². The van der Waals surface area contributed by atoms with Crippen LogP contribution < -0.4 is 0 Å². The number of hydrogen-bond acceptors (Lipinski definition) is 17. The summed E-state index contributed by atoms with van der Waals surface area (Å²) in [5.74, 6) is -6.62. The Morgan fingerprint density at radius 3 is 2.11 bits per heavy atom. The van der Waals surface area contributed by atoms with E-state index in [-0.39, 0.29) is 25.4 Å². The molecule has 3 saturated heterocycles. The highest BCUT2D eigenvalue weighted by Crippen LogP contribution is 2.41. The average molecular weight is 918 g/mol. The zero-order valence-electron chi connectivity index (χ0n) is 38.8. The highest BCUT2D eigenvalue weighted by Gasteiger charge is 2.54. The van der Waals surface area contributed by atoms with Gasteiger partial charge in [0.2, 0.25) is 0 Å². The van der Waals surface area contributed by atoms with Gasteiger partial charge in [-0.25, -0.2) is 4.79 Å². The van der Waals surface area contributed by atoms with Gasteiger partial charge in [-0.3, -0.25) is 14.1 Å². The SMILES string of the molecule is CCC1OC(=O)C(C)C(OC2CC(C)(OC)C(OC(=O)c3ccccc3S(=O)(=O)O)C(C)O2)C(C)C(OC2OC(C)CC(N(C)C)C2O)C(C)(O)CC(C)C(=O)C(C)C(O)C1(C)O. The second kappa shape index (κ2) is 20.5. The number of methoxy groups -OCH3 is 1. The molecule has 3 heterocycles. The topological polar surface area (TPSA) is 254 Å². The molecule has 3 aliphatic heterocycles. The highest BCUT2D eigenvalue weighted by molar-refractivity contribution is 7.86. The summed E-state index contributed by atoms with van der Waals surface area (Å²) < 4.78 is 77.6. The molecule has 0 aliphatic carbocycles. The van der Waals surface area contributed by atoms with E-state index in [4.69, 9.17) is 33.2 Å². The molecule has 19 heteroatoms. The van der Waals surface area contributed by atoms with Crippen molar-refractivity contribution in [1.29, 1.82) is 0 Å². The first-order valence-electron chi connectivity index (χ1n) is 21.7. The molecular weight excluding hydrogens is 847 g/mol. The van der Waals surface area contributed by atoms with Gasteiger partial charge in [0.1, 0.15) is 34.1 Å². The average Bonchev–Trinajstić information content (AvgIpc) is 3.20. The Morgan fingerprint density at radius 2 is 1.54 bits per heavy atom. The summed E-state index contributed by atoms with van der Waals surface area (Å²) in [5, 5.41) is 47.3. The van der Waals surface area contributed by atoms with E-state index in [0.29, 0.717) is 6.42 Å². The van der Waals surface area contributed by atoms with Crippen LogP contribution in [0.15, 0.2) is 29.2 Å². The fourth-order valence-corrected chi connectivity index (χ4v) is 10.3. The van der Waals surface area contributed by atoms with Gasteiger partial charge < -0.3 is 58.5 Å². The van der Waals surface area contributed by atoms with Crippen LogP contribution >= 0.6 is 0 Å². The van der Waals surface area contributed by atoms with Crippen LogP contribution in [0.4, 0.5) is 0 Å². The third kappa shape index (κ3) is 11.7. The predicted octanol–water partition coefficient (Wildman–Crippen LogP) is 2.90. The molecule has 1 aromatic carbocycles. The summed E-state index contributed by atoms with van der Waals surface area (Å²) in [5.41, 5.74) is -5.76. The molecular formula is C44H71NO17S. The highest BCUT2D eigenvalue weighted by atomic mass is 32.2. The van der Waals surface area contributed by atoms with E-state index in [1.54, 1.807) is 34.6 Å². The maximum atomic E-state index is 14.3. The number of Topliss-reactive ketones (excluding diaryl/α,β-unsaturated/α-hetero) is 1. The number of likely N-dealkylation sites (N-methyl/N-ethyl adjacent to an activating group) is 1. The number of esters is 2. The molecule has 1 aromatic rings. The molecule has 4 rings (SSSR count). The number of carbonyl (C=O) groups is 3. The van der Waals surface area contributed by atoms with Crippen molar-refractivity contribution in [2.45, 2.75) is 184 Å². The van der Waals surface area contributed by atoms with Gasteiger partial charge in [-0.1, -0.05) is 39.8 Å². The van der Waals surface area contributed by atoms with Crippen LogP contribution in [0.2, 0.25) is 0 Å². The van der Waals surface area contributed by atoms with Gasteiger partial charge in [0.05, 0.1) is 47.6 Å². The molecule has 0 spiro atoms. The Balaban J connectivity index is 1.80. The van der Waals surface area contributed by atoms with Crippen LogP contribution in [0, 0.1) is 23.7 Å². The monoisotopic (exact) mass is 917 g/mol. The lowest BCUT2D eigenvalue weighted by Crippen LogP contribution is -2.61.